The van der Waals surface area contributed by atoms with Crippen LogP contribution in [0.1, 0.15) is 51.6 Å². The summed E-state index contributed by atoms with van der Waals surface area (Å²) >= 11 is 0. The van der Waals surface area contributed by atoms with Crippen molar-refractivity contribution in [1.29, 1.82) is 0 Å². The van der Waals surface area contributed by atoms with Crippen molar-refractivity contribution in [2.24, 2.45) is 7.05 Å². The lowest BCUT2D eigenvalue weighted by atomic mass is 9.87. The Balaban J connectivity index is 2.04. The number of rotatable bonds is 4. The normalized spacial score (nSPS) is 17.8. The van der Waals surface area contributed by atoms with Crippen LogP contribution < -0.4 is 10.6 Å². The van der Waals surface area contributed by atoms with Gasteiger partial charge >= 0.3 is 6.03 Å². The molecule has 0 unspecified atom stereocenters. The van der Waals surface area contributed by atoms with Crippen LogP contribution in [0.4, 0.5) is 10.5 Å². The highest BCUT2D eigenvalue weighted by Gasteiger charge is 2.32. The van der Waals surface area contributed by atoms with Crippen molar-refractivity contribution in [3.63, 3.8) is 0 Å². The van der Waals surface area contributed by atoms with E-state index < -0.39 is 0 Å². The number of aryl methyl sites for hydroxylation is 1. The molecule has 0 radical (unpaired) electrons. The first-order chi connectivity index (χ1) is 9.96. The lowest BCUT2D eigenvalue weighted by Gasteiger charge is -2.37. The van der Waals surface area contributed by atoms with Gasteiger partial charge in [0.25, 0.3) is 0 Å². The molecule has 2 heterocycles. The molecular formula is C15H26N4O2. The van der Waals surface area contributed by atoms with Crippen LogP contribution in [0.2, 0.25) is 0 Å². The number of anilines is 1. The highest BCUT2D eigenvalue weighted by Crippen LogP contribution is 2.25. The van der Waals surface area contributed by atoms with Crippen LogP contribution in [0, 0.1) is 0 Å². The Morgan fingerprint density at radius 1 is 1.48 bits per heavy atom. The van der Waals surface area contributed by atoms with Crippen molar-refractivity contribution < 1.29 is 9.53 Å². The van der Waals surface area contributed by atoms with Crippen LogP contribution in [0.3, 0.4) is 0 Å². The van der Waals surface area contributed by atoms with Gasteiger partial charge in [0.1, 0.15) is 0 Å². The molecule has 0 aliphatic carbocycles. The Morgan fingerprint density at radius 2 is 2.14 bits per heavy atom. The fraction of sp³-hybridized carbons (Fsp3) is 0.733. The zero-order valence-corrected chi connectivity index (χ0v) is 13.4. The highest BCUT2D eigenvalue weighted by molar-refractivity contribution is 5.90. The summed E-state index contributed by atoms with van der Waals surface area (Å²) in [4.78, 5) is 12.3. The van der Waals surface area contributed by atoms with Crippen LogP contribution in [-0.4, -0.2) is 34.6 Å². The van der Waals surface area contributed by atoms with Gasteiger partial charge in [0.2, 0.25) is 0 Å². The Kier molecular flexibility index (Phi) is 4.88. The lowest BCUT2D eigenvalue weighted by molar-refractivity contribution is 0.0416. The van der Waals surface area contributed by atoms with E-state index in [2.05, 4.69) is 36.5 Å². The van der Waals surface area contributed by atoms with Gasteiger partial charge in [0.05, 0.1) is 11.4 Å². The van der Waals surface area contributed by atoms with E-state index in [1.165, 1.54) is 0 Å². The number of hydrogen-bond donors (Lipinski definition) is 2. The van der Waals surface area contributed by atoms with Crippen molar-refractivity contribution in [3.8, 4) is 0 Å². The van der Waals surface area contributed by atoms with Crippen molar-refractivity contribution in [2.45, 2.75) is 51.5 Å². The van der Waals surface area contributed by atoms with Crippen molar-refractivity contribution >= 4 is 11.7 Å². The van der Waals surface area contributed by atoms with Gasteiger partial charge in [-0.1, -0.05) is 20.8 Å². The third-order valence-corrected chi connectivity index (χ3v) is 4.16. The Bertz CT molecular complexity index is 490. The molecule has 2 N–H and O–H groups in total. The van der Waals surface area contributed by atoms with Gasteiger partial charge in [-0.3, -0.25) is 4.68 Å². The maximum Gasteiger partial charge on any atom is 0.319 e. The number of carbonyl (C=O) groups is 1. The standard InChI is InChI=1S/C15H26N4O2/c1-5-15(6-8-21-9-7-15)17-14(20)16-12-10-19(4)18-13(12)11(2)3/h10-11H,5-9H2,1-4H3,(H2,16,17,20). The van der Waals surface area contributed by atoms with Gasteiger partial charge in [0, 0.05) is 32.0 Å². The fourth-order valence-corrected chi connectivity index (χ4v) is 2.75. The Hall–Kier alpha value is -1.56. The molecule has 1 aliphatic heterocycles. The summed E-state index contributed by atoms with van der Waals surface area (Å²) in [5.41, 5.74) is 1.54. The van der Waals surface area contributed by atoms with Crippen molar-refractivity contribution in [3.05, 3.63) is 11.9 Å². The second kappa shape index (κ2) is 6.47. The monoisotopic (exact) mass is 294 g/mol. The predicted octanol–water partition coefficient (Wildman–Crippen LogP) is 2.62. The summed E-state index contributed by atoms with van der Waals surface area (Å²) < 4.78 is 7.13. The molecular weight excluding hydrogens is 268 g/mol. The molecule has 118 valence electrons. The number of ether oxygens (including phenoxy) is 1. The van der Waals surface area contributed by atoms with E-state index in [0.29, 0.717) is 13.2 Å². The van der Waals surface area contributed by atoms with Crippen LogP contribution in [0.5, 0.6) is 0 Å². The molecule has 6 nitrogen and oxygen atoms in total. The molecule has 0 saturated carbocycles. The van der Waals surface area contributed by atoms with Gasteiger partial charge in [0.15, 0.2) is 0 Å². The minimum absolute atomic E-state index is 0.150. The van der Waals surface area contributed by atoms with Crippen LogP contribution in [0.25, 0.3) is 0 Å². The molecule has 2 amide bonds. The maximum absolute atomic E-state index is 12.3. The van der Waals surface area contributed by atoms with E-state index in [1.54, 1.807) is 4.68 Å². The van der Waals surface area contributed by atoms with E-state index in [1.807, 2.05) is 13.2 Å². The third-order valence-electron chi connectivity index (χ3n) is 4.16. The average molecular weight is 294 g/mol. The SMILES string of the molecule is CCC1(NC(=O)Nc2cn(C)nc2C(C)C)CCOCC1. The molecule has 1 aromatic rings. The minimum atomic E-state index is -0.159. The molecule has 1 fully saturated rings. The second-order valence-corrected chi connectivity index (χ2v) is 6.08. The summed E-state index contributed by atoms with van der Waals surface area (Å²) in [5.74, 6) is 0.268. The van der Waals surface area contributed by atoms with E-state index in [0.717, 1.165) is 30.6 Å². The zero-order valence-electron chi connectivity index (χ0n) is 13.4. The van der Waals surface area contributed by atoms with Gasteiger partial charge in [-0.2, -0.15) is 5.10 Å². The first kappa shape index (κ1) is 15.8. The summed E-state index contributed by atoms with van der Waals surface area (Å²) in [5, 5.41) is 10.5. The number of nitrogens with one attached hydrogen (secondary N) is 2. The number of urea groups is 1. The van der Waals surface area contributed by atoms with Crippen LogP contribution in [-0.2, 0) is 11.8 Å². The van der Waals surface area contributed by atoms with Crippen LogP contribution >= 0.6 is 0 Å². The maximum atomic E-state index is 12.3. The zero-order chi connectivity index (χ0) is 15.5. The van der Waals surface area contributed by atoms with Gasteiger partial charge in [-0.05, 0) is 25.2 Å². The summed E-state index contributed by atoms with van der Waals surface area (Å²) in [6.07, 6.45) is 4.48. The quantitative estimate of drug-likeness (QED) is 0.897. The first-order valence-corrected chi connectivity index (χ1v) is 7.66. The number of aromatic nitrogens is 2. The van der Waals surface area contributed by atoms with Gasteiger partial charge < -0.3 is 15.4 Å². The van der Waals surface area contributed by atoms with E-state index in [9.17, 15) is 4.79 Å². The number of carbonyl (C=O) groups excluding carboxylic acids is 1. The van der Waals surface area contributed by atoms with E-state index in [-0.39, 0.29) is 17.5 Å². The predicted molar refractivity (Wildman–Crippen MR) is 82.5 cm³/mol. The smallest absolute Gasteiger partial charge is 0.319 e. The molecule has 0 spiro atoms. The van der Waals surface area contributed by atoms with Crippen LogP contribution in [0.15, 0.2) is 6.20 Å². The summed E-state index contributed by atoms with van der Waals surface area (Å²) in [6.45, 7) is 7.65. The summed E-state index contributed by atoms with van der Waals surface area (Å²) in [7, 11) is 1.86. The molecule has 2 rings (SSSR count). The summed E-state index contributed by atoms with van der Waals surface area (Å²) in [6, 6.07) is -0.159. The second-order valence-electron chi connectivity index (χ2n) is 6.08. The molecule has 1 aromatic heterocycles. The number of hydrogen-bond acceptors (Lipinski definition) is 3. The van der Waals surface area contributed by atoms with Crippen molar-refractivity contribution in [2.75, 3.05) is 18.5 Å². The number of amides is 2. The largest absolute Gasteiger partial charge is 0.381 e. The molecule has 1 aliphatic rings. The third kappa shape index (κ3) is 3.75. The lowest BCUT2D eigenvalue weighted by Crippen LogP contribution is -2.52. The molecule has 0 aromatic carbocycles. The number of nitrogens with zero attached hydrogens (tertiary/aromatic N) is 2. The Morgan fingerprint density at radius 3 is 2.71 bits per heavy atom. The molecule has 0 atom stereocenters. The van der Waals surface area contributed by atoms with E-state index in [4.69, 9.17) is 4.74 Å². The van der Waals surface area contributed by atoms with Crippen molar-refractivity contribution in [1.82, 2.24) is 15.1 Å². The highest BCUT2D eigenvalue weighted by atomic mass is 16.5. The average Bonchev–Trinajstić information content (AvgIpc) is 2.80. The van der Waals surface area contributed by atoms with E-state index >= 15 is 0 Å². The fourth-order valence-electron chi connectivity index (χ4n) is 2.75. The molecule has 0 bridgehead atoms. The van der Waals surface area contributed by atoms with Gasteiger partial charge in [-0.25, -0.2) is 4.79 Å². The Labute approximate surface area is 126 Å². The molecule has 21 heavy (non-hydrogen) atoms. The first-order valence-electron chi connectivity index (χ1n) is 7.66. The molecule has 6 heteroatoms. The minimum Gasteiger partial charge on any atom is -0.381 e. The topological polar surface area (TPSA) is 68.2 Å². The van der Waals surface area contributed by atoms with Gasteiger partial charge in [-0.15, -0.1) is 0 Å². The molecule has 1 saturated heterocycles.